The summed E-state index contributed by atoms with van der Waals surface area (Å²) in [5, 5.41) is 2.47. The number of hydrogen-bond acceptors (Lipinski definition) is 1. The zero-order valence-corrected chi connectivity index (χ0v) is 28.9. The van der Waals surface area contributed by atoms with Gasteiger partial charge in [0.25, 0.3) is 0 Å². The first-order valence-electron chi connectivity index (χ1n) is 18.0. The summed E-state index contributed by atoms with van der Waals surface area (Å²) in [6.07, 6.45) is 0. The largest absolute Gasteiger partial charge is 0.308 e. The van der Waals surface area contributed by atoms with Gasteiger partial charge in [0.1, 0.15) is 0 Å². The molecule has 52 heavy (non-hydrogen) atoms. The van der Waals surface area contributed by atoms with Gasteiger partial charge in [-0.25, -0.2) is 0 Å². The summed E-state index contributed by atoms with van der Waals surface area (Å²) in [6.45, 7) is 2.18. The molecule has 0 amide bonds. The van der Waals surface area contributed by atoms with Gasteiger partial charge in [-0.05, 0) is 94.4 Å². The Hall–Kier alpha value is -6.64. The summed E-state index contributed by atoms with van der Waals surface area (Å²) in [7, 11) is 0. The second-order valence-corrected chi connectivity index (χ2v) is 13.8. The topological polar surface area (TPSA) is 8.17 Å². The van der Waals surface area contributed by atoms with E-state index in [0.717, 1.165) is 22.7 Å². The van der Waals surface area contributed by atoms with Crippen LogP contribution in [0.3, 0.4) is 0 Å². The first kappa shape index (κ1) is 30.2. The predicted molar refractivity (Wildman–Crippen MR) is 218 cm³/mol. The van der Waals surface area contributed by atoms with Gasteiger partial charge >= 0.3 is 0 Å². The second-order valence-electron chi connectivity index (χ2n) is 13.8. The Morgan fingerprint density at radius 2 is 1.04 bits per heavy atom. The second kappa shape index (κ2) is 12.0. The Balaban J connectivity index is 1.31. The van der Waals surface area contributed by atoms with Gasteiger partial charge in [-0.1, -0.05) is 152 Å². The summed E-state index contributed by atoms with van der Waals surface area (Å²) < 4.78 is 2.43. The van der Waals surface area contributed by atoms with Gasteiger partial charge in [-0.2, -0.15) is 0 Å². The smallest absolute Gasteiger partial charge is 0.0782 e. The Bertz CT molecular complexity index is 2700. The van der Waals surface area contributed by atoms with E-state index in [9.17, 15) is 0 Å². The molecule has 8 aromatic carbocycles. The molecular formula is C50H36N2. The van der Waals surface area contributed by atoms with E-state index in [-0.39, 0.29) is 0 Å². The average Bonchev–Trinajstić information content (AvgIpc) is 3.70. The number of para-hydroxylation sites is 3. The molecule has 0 saturated carbocycles. The fraction of sp³-hybridized carbons (Fsp3) is 0.0400. The number of hydrogen-bond donors (Lipinski definition) is 0. The maximum Gasteiger partial charge on any atom is 0.0782 e. The fourth-order valence-corrected chi connectivity index (χ4v) is 8.79. The lowest BCUT2D eigenvalue weighted by Gasteiger charge is -2.35. The molecule has 0 radical (unpaired) electrons. The minimum Gasteiger partial charge on any atom is -0.308 e. The minimum absolute atomic E-state index is 0.492. The maximum atomic E-state index is 2.47. The molecule has 0 atom stereocenters. The van der Waals surface area contributed by atoms with Gasteiger partial charge < -0.3 is 9.47 Å². The number of anilines is 3. The van der Waals surface area contributed by atoms with Gasteiger partial charge in [-0.15, -0.1) is 0 Å². The molecule has 0 bridgehead atoms. The maximum absolute atomic E-state index is 2.47. The standard InChI is InChI=1S/C50H36N2/c1-35-17-15-24-39(33-35)51(48-30-16-27-44-43-26-12-14-29-47(43)52(49(44)48)38-22-9-4-10-23-38)40-31-32-42-41-25-11-13-28-45(41)50(46(42)34-40,36-18-5-2-6-19-36)37-20-7-3-8-21-37/h2-34H,1H3. The number of nitrogens with zero attached hydrogens (tertiary/aromatic N) is 2. The van der Waals surface area contributed by atoms with Crippen LogP contribution in [0.15, 0.2) is 200 Å². The van der Waals surface area contributed by atoms with Gasteiger partial charge in [0, 0.05) is 27.8 Å². The molecule has 1 heterocycles. The zero-order chi connectivity index (χ0) is 34.6. The van der Waals surface area contributed by atoms with Crippen LogP contribution in [-0.4, -0.2) is 4.57 Å². The molecule has 10 rings (SSSR count). The number of benzene rings is 8. The van der Waals surface area contributed by atoms with Gasteiger partial charge in [0.2, 0.25) is 0 Å². The van der Waals surface area contributed by atoms with Crippen molar-refractivity contribution in [2.75, 3.05) is 4.90 Å². The van der Waals surface area contributed by atoms with Crippen molar-refractivity contribution in [3.8, 4) is 16.8 Å². The third-order valence-corrected chi connectivity index (χ3v) is 10.9. The van der Waals surface area contributed by atoms with Crippen LogP contribution in [0, 0.1) is 6.92 Å². The van der Waals surface area contributed by atoms with E-state index in [0.29, 0.717) is 0 Å². The predicted octanol–water partition coefficient (Wildman–Crippen LogP) is 12.9. The minimum atomic E-state index is -0.492. The van der Waals surface area contributed by atoms with Crippen molar-refractivity contribution < 1.29 is 0 Å². The van der Waals surface area contributed by atoms with E-state index in [4.69, 9.17) is 0 Å². The molecule has 0 aliphatic heterocycles. The normalized spacial score (nSPS) is 12.9. The average molecular weight is 665 g/mol. The number of aryl methyl sites for hydroxylation is 1. The van der Waals surface area contributed by atoms with E-state index < -0.39 is 5.41 Å². The highest BCUT2D eigenvalue weighted by molar-refractivity contribution is 6.14. The highest BCUT2D eigenvalue weighted by Gasteiger charge is 2.46. The lowest BCUT2D eigenvalue weighted by molar-refractivity contribution is 0.768. The molecule has 0 fully saturated rings. The van der Waals surface area contributed by atoms with Crippen molar-refractivity contribution in [2.45, 2.75) is 12.3 Å². The summed E-state index contributed by atoms with van der Waals surface area (Å²) in [5.41, 5.74) is 15.3. The van der Waals surface area contributed by atoms with Crippen LogP contribution in [-0.2, 0) is 5.41 Å². The van der Waals surface area contributed by atoms with Crippen LogP contribution in [0.25, 0.3) is 38.6 Å². The van der Waals surface area contributed by atoms with Crippen LogP contribution in [0.4, 0.5) is 17.1 Å². The third-order valence-electron chi connectivity index (χ3n) is 10.9. The molecule has 0 spiro atoms. The Kier molecular flexibility index (Phi) is 6.97. The van der Waals surface area contributed by atoms with Crippen molar-refractivity contribution in [2.24, 2.45) is 0 Å². The molecule has 1 aliphatic carbocycles. The van der Waals surface area contributed by atoms with Crippen molar-refractivity contribution >= 4 is 38.9 Å². The van der Waals surface area contributed by atoms with E-state index in [2.05, 4.69) is 217 Å². The Morgan fingerprint density at radius 3 is 1.79 bits per heavy atom. The molecule has 0 saturated heterocycles. The van der Waals surface area contributed by atoms with Crippen LogP contribution >= 0.6 is 0 Å². The lowest BCUT2D eigenvalue weighted by atomic mass is 9.67. The Morgan fingerprint density at radius 1 is 0.442 bits per heavy atom. The number of aromatic nitrogens is 1. The molecule has 9 aromatic rings. The van der Waals surface area contributed by atoms with Crippen molar-refractivity contribution in [3.63, 3.8) is 0 Å². The number of fused-ring (bicyclic) bond motifs is 6. The van der Waals surface area contributed by atoms with Crippen LogP contribution in [0.1, 0.15) is 27.8 Å². The Labute approximate surface area is 304 Å². The summed E-state index contributed by atoms with van der Waals surface area (Å²) in [5.74, 6) is 0. The third kappa shape index (κ3) is 4.44. The van der Waals surface area contributed by atoms with Crippen LogP contribution < -0.4 is 4.90 Å². The molecule has 1 aliphatic rings. The SMILES string of the molecule is Cc1cccc(N(c2ccc3c(c2)C(c2ccccc2)(c2ccccc2)c2ccccc2-3)c2cccc3c4ccccc4n(-c4ccccc4)c23)c1. The number of rotatable bonds is 6. The van der Waals surface area contributed by atoms with E-state index in [1.165, 1.54) is 60.8 Å². The molecule has 246 valence electrons. The first-order valence-corrected chi connectivity index (χ1v) is 18.0. The quantitative estimate of drug-likeness (QED) is 0.172. The molecule has 0 unspecified atom stereocenters. The summed E-state index contributed by atoms with van der Waals surface area (Å²) in [4.78, 5) is 2.47. The fourth-order valence-electron chi connectivity index (χ4n) is 8.79. The van der Waals surface area contributed by atoms with Gasteiger partial charge in [-0.3, -0.25) is 0 Å². The summed E-state index contributed by atoms with van der Waals surface area (Å²) in [6, 6.07) is 73.4. The van der Waals surface area contributed by atoms with Crippen molar-refractivity contribution in [1.29, 1.82) is 0 Å². The van der Waals surface area contributed by atoms with Gasteiger partial charge in [0.05, 0.1) is 22.1 Å². The van der Waals surface area contributed by atoms with Crippen LogP contribution in [0.5, 0.6) is 0 Å². The lowest BCUT2D eigenvalue weighted by Crippen LogP contribution is -2.28. The molecular weight excluding hydrogens is 629 g/mol. The first-order chi connectivity index (χ1) is 25.7. The molecule has 1 aromatic heterocycles. The van der Waals surface area contributed by atoms with Crippen molar-refractivity contribution in [3.05, 3.63) is 228 Å². The van der Waals surface area contributed by atoms with Crippen molar-refractivity contribution in [1.82, 2.24) is 4.57 Å². The molecule has 0 N–H and O–H groups in total. The van der Waals surface area contributed by atoms with E-state index in [1.807, 2.05) is 0 Å². The summed E-state index contributed by atoms with van der Waals surface area (Å²) >= 11 is 0. The molecule has 2 heteroatoms. The zero-order valence-electron chi connectivity index (χ0n) is 28.9. The monoisotopic (exact) mass is 664 g/mol. The van der Waals surface area contributed by atoms with Gasteiger partial charge in [0.15, 0.2) is 0 Å². The van der Waals surface area contributed by atoms with E-state index in [1.54, 1.807) is 0 Å². The highest BCUT2D eigenvalue weighted by Crippen LogP contribution is 2.57. The van der Waals surface area contributed by atoms with E-state index >= 15 is 0 Å². The van der Waals surface area contributed by atoms with Crippen LogP contribution in [0.2, 0.25) is 0 Å². The molecule has 2 nitrogen and oxygen atoms in total. The highest BCUT2D eigenvalue weighted by atomic mass is 15.2.